The third-order valence-corrected chi connectivity index (χ3v) is 0.969. The zero-order valence-electron chi connectivity index (χ0n) is 5.17. The molecule has 7 heteroatoms. The first kappa shape index (κ1) is 7.19. The first-order chi connectivity index (χ1) is 5.11. The summed E-state index contributed by atoms with van der Waals surface area (Å²) in [6, 6.07) is 0. The van der Waals surface area contributed by atoms with E-state index in [9.17, 15) is 14.9 Å². The molecule has 0 aliphatic carbocycles. The molecule has 0 aliphatic rings. The molecule has 0 radical (unpaired) electrons. The van der Waals surface area contributed by atoms with Gasteiger partial charge < -0.3 is 5.21 Å². The van der Waals surface area contributed by atoms with Gasteiger partial charge in [-0.3, -0.25) is 10.1 Å². The molecule has 58 valence electrons. The molecule has 0 bridgehead atoms. The van der Waals surface area contributed by atoms with E-state index >= 15 is 0 Å². The second-order valence-corrected chi connectivity index (χ2v) is 1.70. The molecule has 0 saturated carbocycles. The van der Waals surface area contributed by atoms with Gasteiger partial charge in [0.1, 0.15) is 12.4 Å². The van der Waals surface area contributed by atoms with Gasteiger partial charge in [-0.15, -0.1) is 4.73 Å². The Morgan fingerprint density at radius 2 is 2.36 bits per heavy atom. The van der Waals surface area contributed by atoms with E-state index in [2.05, 4.69) is 4.98 Å². The number of hydrogen-bond donors (Lipinski definition) is 1. The predicted molar refractivity (Wildman–Crippen MR) is 32.3 cm³/mol. The Bertz CT molecular complexity index is 343. The molecule has 1 rings (SSSR count). The van der Waals surface area contributed by atoms with E-state index in [0.29, 0.717) is 6.20 Å². The second-order valence-electron chi connectivity index (χ2n) is 1.70. The molecular weight excluding hydrogens is 154 g/mol. The van der Waals surface area contributed by atoms with Gasteiger partial charge in [0.2, 0.25) is 0 Å². The van der Waals surface area contributed by atoms with Crippen LogP contribution in [-0.2, 0) is 0 Å². The molecule has 1 aromatic rings. The van der Waals surface area contributed by atoms with Crippen molar-refractivity contribution in [3.05, 3.63) is 33.0 Å². The van der Waals surface area contributed by atoms with E-state index in [1.54, 1.807) is 0 Å². The molecular formula is C4H3N3O4. The van der Waals surface area contributed by atoms with E-state index in [4.69, 9.17) is 5.21 Å². The van der Waals surface area contributed by atoms with Crippen LogP contribution < -0.4 is 5.69 Å². The molecule has 1 N–H and O–H groups in total. The molecule has 0 fully saturated rings. The van der Waals surface area contributed by atoms with Crippen LogP contribution in [0.1, 0.15) is 0 Å². The first-order valence-electron chi connectivity index (χ1n) is 2.53. The van der Waals surface area contributed by atoms with Crippen molar-refractivity contribution in [1.82, 2.24) is 9.71 Å². The summed E-state index contributed by atoms with van der Waals surface area (Å²) in [6.07, 6.45) is 1.45. The number of nitrogens with zero attached hydrogens (tertiary/aromatic N) is 3. The fraction of sp³-hybridized carbons (Fsp3) is 0. The Kier molecular flexibility index (Phi) is 1.55. The van der Waals surface area contributed by atoms with Gasteiger partial charge in [0.05, 0.1) is 4.92 Å². The summed E-state index contributed by atoms with van der Waals surface area (Å²) in [5, 5.41) is 18.6. The quantitative estimate of drug-likeness (QED) is 0.333. The summed E-state index contributed by atoms with van der Waals surface area (Å²) in [4.78, 5) is 22.6. The highest BCUT2D eigenvalue weighted by atomic mass is 16.6. The van der Waals surface area contributed by atoms with E-state index in [0.717, 1.165) is 6.20 Å². The van der Waals surface area contributed by atoms with E-state index in [1.165, 1.54) is 0 Å². The highest BCUT2D eigenvalue weighted by molar-refractivity contribution is 5.19. The van der Waals surface area contributed by atoms with Crippen molar-refractivity contribution in [1.29, 1.82) is 0 Å². The second kappa shape index (κ2) is 2.37. The van der Waals surface area contributed by atoms with Gasteiger partial charge in [-0.05, 0) is 0 Å². The SMILES string of the molecule is O=c1ncc([N+](=O)[O-])cn1O. The van der Waals surface area contributed by atoms with Gasteiger partial charge >= 0.3 is 11.4 Å². The summed E-state index contributed by atoms with van der Waals surface area (Å²) < 4.78 is 0.0537. The highest BCUT2D eigenvalue weighted by Crippen LogP contribution is 2.02. The number of aromatic nitrogens is 2. The lowest BCUT2D eigenvalue weighted by molar-refractivity contribution is -0.386. The summed E-state index contributed by atoms with van der Waals surface area (Å²) in [7, 11) is 0. The van der Waals surface area contributed by atoms with Crippen LogP contribution in [0.5, 0.6) is 0 Å². The topological polar surface area (TPSA) is 98.3 Å². The smallest absolute Gasteiger partial charge is 0.380 e. The van der Waals surface area contributed by atoms with Gasteiger partial charge in [0.15, 0.2) is 0 Å². The van der Waals surface area contributed by atoms with Crippen molar-refractivity contribution in [2.75, 3.05) is 0 Å². The molecule has 0 aromatic carbocycles. The van der Waals surface area contributed by atoms with Crippen molar-refractivity contribution in [2.45, 2.75) is 0 Å². The summed E-state index contributed by atoms with van der Waals surface area (Å²) in [6.45, 7) is 0. The van der Waals surface area contributed by atoms with Gasteiger partial charge in [-0.2, -0.15) is 4.98 Å². The number of hydrogen-bond acceptors (Lipinski definition) is 5. The predicted octanol–water partition coefficient (Wildman–Crippen LogP) is -0.611. The van der Waals surface area contributed by atoms with Crippen molar-refractivity contribution in [3.63, 3.8) is 0 Å². The summed E-state index contributed by atoms with van der Waals surface area (Å²) in [5.41, 5.74) is -1.39. The minimum Gasteiger partial charge on any atom is -0.424 e. The molecule has 0 unspecified atom stereocenters. The fourth-order valence-corrected chi connectivity index (χ4v) is 0.489. The molecule has 1 aromatic heterocycles. The van der Waals surface area contributed by atoms with Gasteiger partial charge in [0.25, 0.3) is 0 Å². The summed E-state index contributed by atoms with van der Waals surface area (Å²) in [5.74, 6) is 0. The van der Waals surface area contributed by atoms with Crippen LogP contribution in [0, 0.1) is 10.1 Å². The average Bonchev–Trinajstić information content (AvgIpc) is 1.94. The van der Waals surface area contributed by atoms with E-state index < -0.39 is 16.3 Å². The molecule has 0 atom stereocenters. The van der Waals surface area contributed by atoms with Crippen molar-refractivity contribution in [2.24, 2.45) is 0 Å². The minimum atomic E-state index is -0.949. The van der Waals surface area contributed by atoms with Crippen molar-refractivity contribution < 1.29 is 10.1 Å². The lowest BCUT2D eigenvalue weighted by atomic mass is 10.6. The standard InChI is InChI=1S/C4H3N3O4/c8-4-5-1-3(7(10)11)2-6(4)9/h1-2,9H. The van der Waals surface area contributed by atoms with Crippen LogP contribution >= 0.6 is 0 Å². The van der Waals surface area contributed by atoms with E-state index in [-0.39, 0.29) is 4.73 Å². The monoisotopic (exact) mass is 157 g/mol. The Labute approximate surface area is 59.6 Å². The molecule has 0 aliphatic heterocycles. The third kappa shape index (κ3) is 1.31. The van der Waals surface area contributed by atoms with Crippen LogP contribution in [0.3, 0.4) is 0 Å². The van der Waals surface area contributed by atoms with Crippen LogP contribution in [0.2, 0.25) is 0 Å². The Morgan fingerprint density at radius 1 is 1.73 bits per heavy atom. The van der Waals surface area contributed by atoms with Crippen LogP contribution in [0.25, 0.3) is 0 Å². The van der Waals surface area contributed by atoms with Crippen molar-refractivity contribution in [3.8, 4) is 0 Å². The summed E-state index contributed by atoms with van der Waals surface area (Å²) >= 11 is 0. The van der Waals surface area contributed by atoms with Crippen LogP contribution in [0.15, 0.2) is 17.2 Å². The molecule has 0 saturated heterocycles. The largest absolute Gasteiger partial charge is 0.424 e. The zero-order chi connectivity index (χ0) is 8.43. The number of rotatable bonds is 1. The third-order valence-electron chi connectivity index (χ3n) is 0.969. The molecule has 0 amide bonds. The van der Waals surface area contributed by atoms with E-state index in [1.807, 2.05) is 0 Å². The molecule has 1 heterocycles. The highest BCUT2D eigenvalue weighted by Gasteiger charge is 2.07. The van der Waals surface area contributed by atoms with Gasteiger partial charge in [0, 0.05) is 0 Å². The zero-order valence-corrected chi connectivity index (χ0v) is 5.17. The normalized spacial score (nSPS) is 9.45. The Hall–Kier alpha value is -1.92. The maximum Gasteiger partial charge on any atom is 0.380 e. The van der Waals surface area contributed by atoms with Crippen LogP contribution in [-0.4, -0.2) is 19.8 Å². The first-order valence-corrected chi connectivity index (χ1v) is 2.53. The Balaban J connectivity index is 3.26. The fourth-order valence-electron chi connectivity index (χ4n) is 0.489. The Morgan fingerprint density at radius 3 is 2.82 bits per heavy atom. The maximum absolute atomic E-state index is 10.4. The van der Waals surface area contributed by atoms with Gasteiger partial charge in [-0.1, -0.05) is 0 Å². The molecule has 11 heavy (non-hydrogen) atoms. The van der Waals surface area contributed by atoms with Gasteiger partial charge in [-0.25, -0.2) is 4.79 Å². The lowest BCUT2D eigenvalue weighted by Crippen LogP contribution is -2.19. The molecule has 7 nitrogen and oxygen atoms in total. The van der Waals surface area contributed by atoms with Crippen molar-refractivity contribution >= 4 is 5.69 Å². The number of nitro groups is 1. The minimum absolute atomic E-state index is 0.0537. The molecule has 0 spiro atoms. The van der Waals surface area contributed by atoms with Crippen LogP contribution in [0.4, 0.5) is 5.69 Å². The maximum atomic E-state index is 10.4. The average molecular weight is 157 g/mol. The lowest BCUT2D eigenvalue weighted by Gasteiger charge is -1.91.